The van der Waals surface area contributed by atoms with Gasteiger partial charge in [0.25, 0.3) is 5.91 Å². The van der Waals surface area contributed by atoms with Crippen molar-refractivity contribution >= 4 is 21.8 Å². The topological polar surface area (TPSA) is 87.9 Å². The first-order chi connectivity index (χ1) is 12.6. The third-order valence-electron chi connectivity index (χ3n) is 4.39. The number of carbonyl (C=O) groups excluding carboxylic acids is 1. The predicted molar refractivity (Wildman–Crippen MR) is 93.9 cm³/mol. The van der Waals surface area contributed by atoms with Gasteiger partial charge in [-0.25, -0.2) is 4.39 Å². The van der Waals surface area contributed by atoms with Crippen LogP contribution in [0.2, 0.25) is 0 Å². The summed E-state index contributed by atoms with van der Waals surface area (Å²) in [5.41, 5.74) is 0.776. The van der Waals surface area contributed by atoms with Gasteiger partial charge in [-0.2, -0.15) is 4.98 Å². The molecule has 1 aliphatic heterocycles. The van der Waals surface area contributed by atoms with E-state index in [0.717, 1.165) is 29.2 Å². The zero-order valence-electron chi connectivity index (χ0n) is 13.7. The fourth-order valence-corrected chi connectivity index (χ4v) is 3.43. The molecule has 0 unspecified atom stereocenters. The van der Waals surface area contributed by atoms with Gasteiger partial charge < -0.3 is 14.4 Å². The van der Waals surface area contributed by atoms with E-state index in [4.69, 9.17) is 4.52 Å². The zero-order valence-corrected chi connectivity index (χ0v) is 15.2. The standard InChI is InChI=1S/C17H15BrFN5O2/c18-11-6-14(21-7-11)15-22-16(26-23-15)10-2-1-5-24(9-10)17(25)12-3-4-20-8-13(12)19/h3-4,6-8,10,21H,1-2,5,9H2/t10-/m0/s1. The summed E-state index contributed by atoms with van der Waals surface area (Å²) in [6.07, 6.45) is 5.87. The summed E-state index contributed by atoms with van der Waals surface area (Å²) >= 11 is 3.37. The highest BCUT2D eigenvalue weighted by molar-refractivity contribution is 9.10. The van der Waals surface area contributed by atoms with E-state index in [-0.39, 0.29) is 17.4 Å². The molecule has 4 heterocycles. The van der Waals surface area contributed by atoms with Crippen LogP contribution in [0.1, 0.15) is 35.0 Å². The van der Waals surface area contributed by atoms with Crippen molar-refractivity contribution in [2.45, 2.75) is 18.8 Å². The third kappa shape index (κ3) is 3.26. The van der Waals surface area contributed by atoms with Crippen molar-refractivity contribution in [2.75, 3.05) is 13.1 Å². The van der Waals surface area contributed by atoms with E-state index >= 15 is 0 Å². The fourth-order valence-electron chi connectivity index (χ4n) is 3.09. The molecule has 9 heteroatoms. The Bertz CT molecular complexity index is 941. The van der Waals surface area contributed by atoms with Crippen LogP contribution in [0.15, 0.2) is 39.7 Å². The number of H-pyrrole nitrogens is 1. The second-order valence-corrected chi connectivity index (χ2v) is 7.05. The van der Waals surface area contributed by atoms with E-state index < -0.39 is 5.82 Å². The molecule has 1 saturated heterocycles. The van der Waals surface area contributed by atoms with Gasteiger partial charge in [0.2, 0.25) is 11.7 Å². The summed E-state index contributed by atoms with van der Waals surface area (Å²) in [7, 11) is 0. The number of carbonyl (C=O) groups is 1. The summed E-state index contributed by atoms with van der Waals surface area (Å²) in [6, 6.07) is 3.26. The molecule has 7 nitrogen and oxygen atoms in total. The minimum atomic E-state index is -0.614. The predicted octanol–water partition coefficient (Wildman–Crippen LogP) is 3.38. The Morgan fingerprint density at radius 1 is 1.46 bits per heavy atom. The van der Waals surface area contributed by atoms with Crippen molar-refractivity contribution in [1.82, 2.24) is 25.0 Å². The van der Waals surface area contributed by atoms with Crippen LogP contribution in [-0.4, -0.2) is 44.0 Å². The first-order valence-corrected chi connectivity index (χ1v) is 8.98. The van der Waals surface area contributed by atoms with Gasteiger partial charge in [-0.05, 0) is 40.9 Å². The molecule has 0 spiro atoms. The smallest absolute Gasteiger partial charge is 0.256 e. The molecule has 3 aromatic rings. The number of pyridine rings is 1. The molecule has 0 aromatic carbocycles. The normalized spacial score (nSPS) is 17.5. The van der Waals surface area contributed by atoms with Gasteiger partial charge in [-0.3, -0.25) is 9.78 Å². The highest BCUT2D eigenvalue weighted by Gasteiger charge is 2.30. The minimum Gasteiger partial charge on any atom is -0.357 e. The van der Waals surface area contributed by atoms with Crippen molar-refractivity contribution in [2.24, 2.45) is 0 Å². The summed E-state index contributed by atoms with van der Waals surface area (Å²) in [5, 5.41) is 4.01. The van der Waals surface area contributed by atoms with Crippen LogP contribution in [0, 0.1) is 5.82 Å². The molecule has 26 heavy (non-hydrogen) atoms. The molecule has 1 N–H and O–H groups in total. The second-order valence-electron chi connectivity index (χ2n) is 6.13. The van der Waals surface area contributed by atoms with Crippen molar-refractivity contribution in [1.29, 1.82) is 0 Å². The summed E-state index contributed by atoms with van der Waals surface area (Å²) in [6.45, 7) is 0.984. The molecule has 4 rings (SSSR count). The van der Waals surface area contributed by atoms with E-state index in [1.54, 1.807) is 11.1 Å². The number of hydrogen-bond donors (Lipinski definition) is 1. The average Bonchev–Trinajstić information content (AvgIpc) is 3.31. The Morgan fingerprint density at radius 2 is 2.35 bits per heavy atom. The molecule has 1 aliphatic rings. The summed E-state index contributed by atoms with van der Waals surface area (Å²) in [4.78, 5) is 25.4. The van der Waals surface area contributed by atoms with Gasteiger partial charge in [-0.1, -0.05) is 5.16 Å². The third-order valence-corrected chi connectivity index (χ3v) is 4.85. The van der Waals surface area contributed by atoms with Crippen molar-refractivity contribution in [3.05, 3.63) is 52.5 Å². The maximum Gasteiger partial charge on any atom is 0.256 e. The SMILES string of the molecule is O=C(c1ccncc1F)N1CCC[C@H](c2nc(-c3cc(Br)c[nH]3)no2)C1. The molecule has 1 amide bonds. The largest absolute Gasteiger partial charge is 0.357 e. The maximum absolute atomic E-state index is 13.8. The number of nitrogens with one attached hydrogen (secondary N) is 1. The molecule has 134 valence electrons. The van der Waals surface area contributed by atoms with E-state index in [9.17, 15) is 9.18 Å². The molecule has 0 saturated carbocycles. The average molecular weight is 420 g/mol. The van der Waals surface area contributed by atoms with Crippen LogP contribution in [0.25, 0.3) is 11.5 Å². The van der Waals surface area contributed by atoms with Crippen molar-refractivity contribution < 1.29 is 13.7 Å². The van der Waals surface area contributed by atoms with Gasteiger partial charge in [0.1, 0.15) is 0 Å². The number of piperidine rings is 1. The number of rotatable bonds is 3. The van der Waals surface area contributed by atoms with E-state index in [2.05, 4.69) is 36.0 Å². The Morgan fingerprint density at radius 3 is 3.12 bits per heavy atom. The van der Waals surface area contributed by atoms with Crippen molar-refractivity contribution in [3.63, 3.8) is 0 Å². The highest BCUT2D eigenvalue weighted by atomic mass is 79.9. The van der Waals surface area contributed by atoms with Crippen LogP contribution in [0.5, 0.6) is 0 Å². The number of aromatic nitrogens is 4. The lowest BCUT2D eigenvalue weighted by Gasteiger charge is -2.31. The summed E-state index contributed by atoms with van der Waals surface area (Å²) < 4.78 is 20.2. The summed E-state index contributed by atoms with van der Waals surface area (Å²) in [5.74, 6) is -0.0790. The lowest BCUT2D eigenvalue weighted by Crippen LogP contribution is -2.39. The number of amides is 1. The van der Waals surface area contributed by atoms with Gasteiger partial charge in [0, 0.05) is 30.0 Å². The molecule has 1 fully saturated rings. The lowest BCUT2D eigenvalue weighted by atomic mass is 9.97. The maximum atomic E-state index is 13.8. The van der Waals surface area contributed by atoms with Crippen LogP contribution < -0.4 is 0 Å². The number of hydrogen-bond acceptors (Lipinski definition) is 5. The van der Waals surface area contributed by atoms with E-state index in [1.807, 2.05) is 6.07 Å². The zero-order chi connectivity index (χ0) is 18.1. The number of halogens is 2. The first-order valence-electron chi connectivity index (χ1n) is 8.18. The molecule has 1 atom stereocenters. The molecular formula is C17H15BrFN5O2. The quantitative estimate of drug-likeness (QED) is 0.702. The number of nitrogens with zero attached hydrogens (tertiary/aromatic N) is 4. The van der Waals surface area contributed by atoms with Crippen LogP contribution in [0.3, 0.4) is 0 Å². The van der Waals surface area contributed by atoms with Crippen molar-refractivity contribution in [3.8, 4) is 11.5 Å². The van der Waals surface area contributed by atoms with Gasteiger partial charge in [-0.15, -0.1) is 0 Å². The number of likely N-dealkylation sites (tertiary alicyclic amines) is 1. The van der Waals surface area contributed by atoms with Crippen LogP contribution >= 0.6 is 15.9 Å². The Labute approximate surface area is 156 Å². The van der Waals surface area contributed by atoms with E-state index in [1.165, 1.54) is 12.3 Å². The van der Waals surface area contributed by atoms with Gasteiger partial charge in [0.05, 0.1) is 23.4 Å². The number of aromatic amines is 1. The van der Waals surface area contributed by atoms with Gasteiger partial charge in [0.15, 0.2) is 5.82 Å². The van der Waals surface area contributed by atoms with E-state index in [0.29, 0.717) is 24.8 Å². The van der Waals surface area contributed by atoms with Gasteiger partial charge >= 0.3 is 0 Å². The Hall–Kier alpha value is -2.55. The lowest BCUT2D eigenvalue weighted by molar-refractivity contribution is 0.0690. The monoisotopic (exact) mass is 419 g/mol. The highest BCUT2D eigenvalue weighted by Crippen LogP contribution is 2.29. The molecule has 0 radical (unpaired) electrons. The molecule has 0 bridgehead atoms. The minimum absolute atomic E-state index is 0.0307. The Balaban J connectivity index is 1.51. The van der Waals surface area contributed by atoms with Crippen LogP contribution in [0.4, 0.5) is 4.39 Å². The second kappa shape index (κ2) is 6.99. The molecular weight excluding hydrogens is 405 g/mol. The van der Waals surface area contributed by atoms with Crippen LogP contribution in [-0.2, 0) is 0 Å². The fraction of sp³-hybridized carbons (Fsp3) is 0.294. The molecule has 0 aliphatic carbocycles. The Kier molecular flexibility index (Phi) is 4.54. The first kappa shape index (κ1) is 16.9. The molecule has 3 aromatic heterocycles.